The van der Waals surface area contributed by atoms with E-state index >= 15 is 0 Å². The molecule has 0 fully saturated rings. The lowest BCUT2D eigenvalue weighted by Gasteiger charge is -2.08. The molecule has 2 rings (SSSR count). The van der Waals surface area contributed by atoms with Gasteiger partial charge < -0.3 is 5.43 Å². The second-order valence-electron chi connectivity index (χ2n) is 3.43. The third kappa shape index (κ3) is 2.01. The summed E-state index contributed by atoms with van der Waals surface area (Å²) in [5.41, 5.74) is 5.76. The summed E-state index contributed by atoms with van der Waals surface area (Å²) in [6.45, 7) is 2.07. The smallest absolute Gasteiger partial charge is 0.140 e. The zero-order valence-electron chi connectivity index (χ0n) is 9.14. The lowest BCUT2D eigenvalue weighted by molar-refractivity contribution is 1.03. The molecule has 0 amide bonds. The molecule has 2 heterocycles. The minimum absolute atomic E-state index is 0.685. The molecule has 0 aliphatic rings. The van der Waals surface area contributed by atoms with Crippen LogP contribution in [0.2, 0.25) is 0 Å². The van der Waals surface area contributed by atoms with Crippen LogP contribution in [0.5, 0.6) is 0 Å². The van der Waals surface area contributed by atoms with Crippen molar-refractivity contribution in [3.63, 3.8) is 0 Å². The molecule has 0 aromatic carbocycles. The Morgan fingerprint density at radius 2 is 2.19 bits per heavy atom. The number of nitrogens with zero attached hydrogens (tertiary/aromatic N) is 2. The van der Waals surface area contributed by atoms with Crippen molar-refractivity contribution in [3.05, 3.63) is 42.4 Å². The van der Waals surface area contributed by atoms with Gasteiger partial charge in [0.1, 0.15) is 5.82 Å². The number of nitrogen functional groups attached to an aromatic ring is 1. The monoisotopic (exact) mass is 214 g/mol. The molecule has 3 N–H and O–H groups in total. The van der Waals surface area contributed by atoms with Gasteiger partial charge in [0.2, 0.25) is 0 Å². The van der Waals surface area contributed by atoms with E-state index in [9.17, 15) is 0 Å². The third-order valence-electron chi connectivity index (χ3n) is 2.43. The normalized spacial score (nSPS) is 10.1. The lowest BCUT2D eigenvalue weighted by Crippen LogP contribution is -2.09. The Bertz CT molecular complexity index is 468. The number of nitrogens with one attached hydrogen (secondary N) is 1. The van der Waals surface area contributed by atoms with Gasteiger partial charge in [-0.05, 0) is 24.6 Å². The number of hydrazine groups is 1. The summed E-state index contributed by atoms with van der Waals surface area (Å²) in [6.07, 6.45) is 4.46. The van der Waals surface area contributed by atoms with Crippen LogP contribution in [0.15, 0.2) is 36.7 Å². The van der Waals surface area contributed by atoms with E-state index in [1.807, 2.05) is 30.5 Å². The number of rotatable bonds is 3. The lowest BCUT2D eigenvalue weighted by atomic mass is 10.0. The van der Waals surface area contributed by atoms with Gasteiger partial charge in [-0.2, -0.15) is 0 Å². The number of hydrogen-bond donors (Lipinski definition) is 2. The maximum absolute atomic E-state index is 5.34. The molecule has 2 aromatic heterocycles. The molecule has 0 aliphatic heterocycles. The van der Waals surface area contributed by atoms with Crippen LogP contribution in [0.25, 0.3) is 11.1 Å². The van der Waals surface area contributed by atoms with Crippen LogP contribution in [0.4, 0.5) is 5.82 Å². The number of hydrogen-bond acceptors (Lipinski definition) is 4. The van der Waals surface area contributed by atoms with Gasteiger partial charge in [0, 0.05) is 23.5 Å². The minimum atomic E-state index is 0.685. The fourth-order valence-corrected chi connectivity index (χ4v) is 1.64. The predicted molar refractivity (Wildman–Crippen MR) is 64.7 cm³/mol. The Balaban J connectivity index is 2.49. The standard InChI is InChI=1S/C12H14N4/c1-2-11-10(5-6-12(15-11)16-13)9-4-3-7-14-8-9/h3-8H,2,13H2,1H3,(H,15,16). The van der Waals surface area contributed by atoms with Gasteiger partial charge in [-0.1, -0.05) is 13.0 Å². The molecule has 0 bridgehead atoms. The first kappa shape index (κ1) is 10.6. The molecular weight excluding hydrogens is 200 g/mol. The molecule has 82 valence electrons. The zero-order valence-corrected chi connectivity index (χ0v) is 9.14. The van der Waals surface area contributed by atoms with E-state index in [4.69, 9.17) is 5.84 Å². The summed E-state index contributed by atoms with van der Waals surface area (Å²) in [5.74, 6) is 6.02. The van der Waals surface area contributed by atoms with Crippen molar-refractivity contribution in [2.24, 2.45) is 5.84 Å². The molecule has 4 nitrogen and oxygen atoms in total. The highest BCUT2D eigenvalue weighted by molar-refractivity contribution is 5.66. The summed E-state index contributed by atoms with van der Waals surface area (Å²) >= 11 is 0. The van der Waals surface area contributed by atoms with Gasteiger partial charge in [0.05, 0.1) is 5.69 Å². The van der Waals surface area contributed by atoms with Gasteiger partial charge in [-0.3, -0.25) is 4.98 Å². The third-order valence-corrected chi connectivity index (χ3v) is 2.43. The number of pyridine rings is 2. The van der Waals surface area contributed by atoms with E-state index in [0.717, 1.165) is 23.2 Å². The van der Waals surface area contributed by atoms with Crippen molar-refractivity contribution < 1.29 is 0 Å². The first-order valence-corrected chi connectivity index (χ1v) is 5.22. The fourth-order valence-electron chi connectivity index (χ4n) is 1.64. The van der Waals surface area contributed by atoms with Crippen molar-refractivity contribution >= 4 is 5.82 Å². The number of aromatic nitrogens is 2. The number of anilines is 1. The van der Waals surface area contributed by atoms with Gasteiger partial charge in [-0.15, -0.1) is 0 Å². The molecule has 16 heavy (non-hydrogen) atoms. The van der Waals surface area contributed by atoms with Gasteiger partial charge >= 0.3 is 0 Å². The van der Waals surface area contributed by atoms with Crippen LogP contribution in [0, 0.1) is 0 Å². The van der Waals surface area contributed by atoms with Crippen molar-refractivity contribution in [1.82, 2.24) is 9.97 Å². The van der Waals surface area contributed by atoms with Gasteiger partial charge in [-0.25, -0.2) is 10.8 Å². The van der Waals surface area contributed by atoms with Gasteiger partial charge in [0.25, 0.3) is 0 Å². The first-order valence-electron chi connectivity index (χ1n) is 5.22. The largest absolute Gasteiger partial charge is 0.308 e. The Kier molecular flexibility index (Phi) is 3.12. The highest BCUT2D eigenvalue weighted by atomic mass is 15.2. The van der Waals surface area contributed by atoms with E-state index in [1.54, 1.807) is 6.20 Å². The van der Waals surface area contributed by atoms with Crippen LogP contribution < -0.4 is 11.3 Å². The van der Waals surface area contributed by atoms with Crippen molar-refractivity contribution in [2.75, 3.05) is 5.43 Å². The average molecular weight is 214 g/mol. The summed E-state index contributed by atoms with van der Waals surface area (Å²) in [7, 11) is 0. The number of aryl methyl sites for hydroxylation is 1. The molecule has 0 saturated carbocycles. The summed E-state index contributed by atoms with van der Waals surface area (Å²) in [5, 5.41) is 0. The van der Waals surface area contributed by atoms with E-state index in [2.05, 4.69) is 22.3 Å². The Morgan fingerprint density at radius 1 is 1.31 bits per heavy atom. The van der Waals surface area contributed by atoms with Crippen molar-refractivity contribution in [3.8, 4) is 11.1 Å². The van der Waals surface area contributed by atoms with Crippen molar-refractivity contribution in [2.45, 2.75) is 13.3 Å². The second-order valence-corrected chi connectivity index (χ2v) is 3.43. The molecule has 0 radical (unpaired) electrons. The van der Waals surface area contributed by atoms with Gasteiger partial charge in [0.15, 0.2) is 0 Å². The molecule has 2 aromatic rings. The highest BCUT2D eigenvalue weighted by Gasteiger charge is 2.05. The quantitative estimate of drug-likeness (QED) is 0.606. The maximum Gasteiger partial charge on any atom is 0.140 e. The van der Waals surface area contributed by atoms with Crippen LogP contribution in [0.3, 0.4) is 0 Å². The average Bonchev–Trinajstić information content (AvgIpc) is 2.39. The van der Waals surface area contributed by atoms with E-state index < -0.39 is 0 Å². The van der Waals surface area contributed by atoms with E-state index in [-0.39, 0.29) is 0 Å². The fraction of sp³-hybridized carbons (Fsp3) is 0.167. The van der Waals surface area contributed by atoms with E-state index in [1.165, 1.54) is 0 Å². The Hall–Kier alpha value is -1.94. The summed E-state index contributed by atoms with van der Waals surface area (Å²) in [4.78, 5) is 8.53. The van der Waals surface area contributed by atoms with Crippen molar-refractivity contribution in [1.29, 1.82) is 0 Å². The Labute approximate surface area is 94.5 Å². The summed E-state index contributed by atoms with van der Waals surface area (Å²) in [6, 6.07) is 7.82. The second kappa shape index (κ2) is 4.72. The van der Waals surface area contributed by atoms with Crippen LogP contribution >= 0.6 is 0 Å². The van der Waals surface area contributed by atoms with Crippen LogP contribution in [0.1, 0.15) is 12.6 Å². The Morgan fingerprint density at radius 3 is 2.81 bits per heavy atom. The first-order chi connectivity index (χ1) is 7.85. The molecule has 0 unspecified atom stereocenters. The zero-order chi connectivity index (χ0) is 11.4. The molecular formula is C12H14N4. The molecule has 4 heteroatoms. The highest BCUT2D eigenvalue weighted by Crippen LogP contribution is 2.23. The topological polar surface area (TPSA) is 63.8 Å². The molecule has 0 spiro atoms. The molecule has 0 saturated heterocycles. The number of nitrogens with two attached hydrogens (primary N) is 1. The van der Waals surface area contributed by atoms with Crippen LogP contribution in [-0.4, -0.2) is 9.97 Å². The maximum atomic E-state index is 5.34. The van der Waals surface area contributed by atoms with E-state index in [0.29, 0.717) is 5.82 Å². The SMILES string of the molecule is CCc1nc(NN)ccc1-c1cccnc1. The summed E-state index contributed by atoms with van der Waals surface area (Å²) < 4.78 is 0. The van der Waals surface area contributed by atoms with Crippen LogP contribution in [-0.2, 0) is 6.42 Å². The molecule has 0 atom stereocenters. The predicted octanol–water partition coefficient (Wildman–Crippen LogP) is 1.99. The minimum Gasteiger partial charge on any atom is -0.308 e. The molecule has 0 aliphatic carbocycles.